The van der Waals surface area contributed by atoms with Gasteiger partial charge in [0.15, 0.2) is 0 Å². The van der Waals surface area contributed by atoms with Crippen LogP contribution >= 0.6 is 0 Å². The zero-order valence-electron chi connectivity index (χ0n) is 8.49. The molecule has 0 radical (unpaired) electrons. The van der Waals surface area contributed by atoms with Crippen LogP contribution in [0.3, 0.4) is 0 Å². The maximum atomic E-state index is 3.55. The number of rotatable bonds is 4. The molecule has 0 saturated heterocycles. The predicted molar refractivity (Wildman–Crippen MR) is 54.4 cm³/mol. The van der Waals surface area contributed by atoms with Gasteiger partial charge in [0.2, 0.25) is 0 Å². The lowest BCUT2D eigenvalue weighted by molar-refractivity contribution is 0.658. The Balaban J connectivity index is 3.44. The Morgan fingerprint density at radius 2 is 1.82 bits per heavy atom. The topological polar surface area (TPSA) is 24.1 Å². The molecular weight excluding hydrogens is 152 g/mol. The number of hydrogen-bond acceptors (Lipinski definition) is 2. The van der Waals surface area contributed by atoms with Crippen molar-refractivity contribution < 1.29 is 0 Å². The number of nitrogens with one attached hydrogen (secondary N) is 2. The summed E-state index contributed by atoms with van der Waals surface area (Å²) in [7, 11) is -0.735. The minimum Gasteiger partial charge on any atom is -0.328 e. The Hall–Kier alpha value is 0.137. The van der Waals surface area contributed by atoms with Gasteiger partial charge in [-0.1, -0.05) is 34.2 Å². The van der Waals surface area contributed by atoms with Crippen molar-refractivity contribution in [1.29, 1.82) is 0 Å². The molecule has 0 aromatic carbocycles. The van der Waals surface area contributed by atoms with Gasteiger partial charge in [0.25, 0.3) is 0 Å². The molecule has 0 heterocycles. The van der Waals surface area contributed by atoms with Gasteiger partial charge in [0.05, 0.1) is 0 Å². The molecule has 0 aliphatic rings. The van der Waals surface area contributed by atoms with Gasteiger partial charge in [-0.25, -0.2) is 0 Å². The quantitative estimate of drug-likeness (QED) is 0.381. The van der Waals surface area contributed by atoms with E-state index in [1.165, 1.54) is 0 Å². The van der Waals surface area contributed by atoms with Crippen LogP contribution in [0.2, 0.25) is 11.6 Å². The molecule has 0 rings (SSSR count). The van der Waals surface area contributed by atoms with Gasteiger partial charge in [0, 0.05) is 6.67 Å². The third-order valence-electron chi connectivity index (χ3n) is 2.08. The molecule has 0 aromatic rings. The van der Waals surface area contributed by atoms with Crippen LogP contribution in [0.1, 0.15) is 27.7 Å². The van der Waals surface area contributed by atoms with Crippen LogP contribution in [-0.2, 0) is 0 Å². The van der Waals surface area contributed by atoms with Crippen LogP contribution in [-0.4, -0.2) is 22.2 Å². The maximum Gasteiger partial charge on any atom is 0.112 e. The van der Waals surface area contributed by atoms with Gasteiger partial charge in [0.1, 0.15) is 8.96 Å². The minimum absolute atomic E-state index is 0.495. The third-order valence-corrected chi connectivity index (χ3v) is 5.50. The maximum absolute atomic E-state index is 3.55. The molecule has 2 nitrogen and oxygen atoms in total. The molecule has 0 aliphatic heterocycles. The number of hydrogen-bond donors (Lipinski definition) is 2. The summed E-state index contributed by atoms with van der Waals surface area (Å²) in [4.78, 5) is 3.55. The summed E-state index contributed by atoms with van der Waals surface area (Å²) < 4.78 is 0. The van der Waals surface area contributed by atoms with Gasteiger partial charge < -0.3 is 10.3 Å². The van der Waals surface area contributed by atoms with E-state index in [0.29, 0.717) is 5.04 Å². The van der Waals surface area contributed by atoms with Crippen molar-refractivity contribution in [2.45, 2.75) is 39.3 Å². The Labute approximate surface area is 72.5 Å². The third kappa shape index (κ3) is 5.41. The fraction of sp³-hybridized carbons (Fsp3) is 1.00. The van der Waals surface area contributed by atoms with Crippen molar-refractivity contribution in [2.24, 2.45) is 0 Å². The molecule has 0 amide bonds. The molecule has 0 spiro atoms. The Morgan fingerprint density at radius 1 is 1.27 bits per heavy atom. The fourth-order valence-corrected chi connectivity index (χ4v) is 1.72. The SMILES string of the molecule is CCNCN[SiH](C)C(C)(C)C. The van der Waals surface area contributed by atoms with Crippen LogP contribution in [0.4, 0.5) is 0 Å². The summed E-state index contributed by atoms with van der Waals surface area (Å²) in [5, 5.41) is 3.77. The molecule has 0 aromatic heterocycles. The standard InChI is InChI=1S/C8H22N2Si/c1-6-9-7-10-11(5)8(2,3)4/h9-11H,6-7H2,1-5H3. The van der Waals surface area contributed by atoms with E-state index in [4.69, 9.17) is 0 Å². The van der Waals surface area contributed by atoms with Crippen LogP contribution in [0.25, 0.3) is 0 Å². The fourth-order valence-electron chi connectivity index (χ4n) is 0.656. The highest BCUT2D eigenvalue weighted by molar-refractivity contribution is 6.57. The minimum atomic E-state index is -0.735. The lowest BCUT2D eigenvalue weighted by Gasteiger charge is -2.26. The van der Waals surface area contributed by atoms with Crippen molar-refractivity contribution in [3.05, 3.63) is 0 Å². The summed E-state index contributed by atoms with van der Waals surface area (Å²) in [5.74, 6) is 0. The molecule has 1 unspecified atom stereocenters. The molecule has 11 heavy (non-hydrogen) atoms. The first-order valence-electron chi connectivity index (χ1n) is 4.42. The monoisotopic (exact) mass is 174 g/mol. The van der Waals surface area contributed by atoms with Gasteiger partial charge in [-0.15, -0.1) is 0 Å². The molecule has 1 atom stereocenters. The van der Waals surface area contributed by atoms with Crippen molar-refractivity contribution in [3.63, 3.8) is 0 Å². The molecular formula is C8H22N2Si. The van der Waals surface area contributed by atoms with E-state index >= 15 is 0 Å². The van der Waals surface area contributed by atoms with E-state index in [0.717, 1.165) is 13.2 Å². The second-order valence-corrected chi connectivity index (χ2v) is 7.66. The Bertz CT molecular complexity index is 98.8. The lowest BCUT2D eigenvalue weighted by Crippen LogP contribution is -2.43. The van der Waals surface area contributed by atoms with Crippen molar-refractivity contribution >= 4 is 8.96 Å². The van der Waals surface area contributed by atoms with Crippen LogP contribution in [0.15, 0.2) is 0 Å². The molecule has 0 aliphatic carbocycles. The predicted octanol–water partition coefficient (Wildman–Crippen LogP) is 1.30. The molecule has 0 saturated carbocycles. The van der Waals surface area contributed by atoms with E-state index in [1.807, 2.05) is 0 Å². The first-order valence-corrected chi connectivity index (χ1v) is 6.73. The zero-order valence-corrected chi connectivity index (χ0v) is 9.65. The average molecular weight is 174 g/mol. The summed E-state index contributed by atoms with van der Waals surface area (Å²) >= 11 is 0. The van der Waals surface area contributed by atoms with E-state index < -0.39 is 8.96 Å². The zero-order chi connectivity index (χ0) is 8.91. The smallest absolute Gasteiger partial charge is 0.112 e. The van der Waals surface area contributed by atoms with Gasteiger partial charge in [-0.05, 0) is 11.6 Å². The average Bonchev–Trinajstić information content (AvgIpc) is 1.86. The van der Waals surface area contributed by atoms with E-state index in [9.17, 15) is 0 Å². The van der Waals surface area contributed by atoms with Crippen LogP contribution in [0.5, 0.6) is 0 Å². The van der Waals surface area contributed by atoms with E-state index in [-0.39, 0.29) is 0 Å². The van der Waals surface area contributed by atoms with E-state index in [1.54, 1.807) is 0 Å². The second-order valence-electron chi connectivity index (χ2n) is 4.07. The van der Waals surface area contributed by atoms with Gasteiger partial charge in [-0.3, -0.25) is 0 Å². The van der Waals surface area contributed by atoms with Crippen molar-refractivity contribution in [3.8, 4) is 0 Å². The van der Waals surface area contributed by atoms with Crippen molar-refractivity contribution in [1.82, 2.24) is 10.3 Å². The van der Waals surface area contributed by atoms with Crippen molar-refractivity contribution in [2.75, 3.05) is 13.2 Å². The normalized spacial score (nSPS) is 15.0. The Morgan fingerprint density at radius 3 is 2.18 bits per heavy atom. The first kappa shape index (κ1) is 11.1. The molecule has 3 heteroatoms. The largest absolute Gasteiger partial charge is 0.328 e. The van der Waals surface area contributed by atoms with Gasteiger partial charge in [-0.2, -0.15) is 0 Å². The van der Waals surface area contributed by atoms with Crippen LogP contribution in [0, 0.1) is 0 Å². The summed E-state index contributed by atoms with van der Waals surface area (Å²) in [6, 6.07) is 0. The van der Waals surface area contributed by atoms with Gasteiger partial charge >= 0.3 is 0 Å². The summed E-state index contributed by atoms with van der Waals surface area (Å²) in [6.07, 6.45) is 0. The van der Waals surface area contributed by atoms with E-state index in [2.05, 4.69) is 44.5 Å². The Kier molecular flexibility index (Phi) is 4.96. The molecule has 0 fully saturated rings. The highest BCUT2D eigenvalue weighted by Gasteiger charge is 2.20. The highest BCUT2D eigenvalue weighted by atomic mass is 28.3. The lowest BCUT2D eigenvalue weighted by atomic mass is 10.3. The van der Waals surface area contributed by atoms with Crippen LogP contribution < -0.4 is 10.3 Å². The first-order chi connectivity index (χ1) is 4.98. The summed E-state index contributed by atoms with van der Waals surface area (Å²) in [6.45, 7) is 13.4. The molecule has 0 bridgehead atoms. The molecule has 2 N–H and O–H groups in total. The molecule has 68 valence electrons. The summed E-state index contributed by atoms with van der Waals surface area (Å²) in [5.41, 5.74) is 0. The second kappa shape index (κ2) is 4.90. The highest BCUT2D eigenvalue weighted by Crippen LogP contribution is 2.24.